The number of rotatable bonds is 3. The third-order valence-corrected chi connectivity index (χ3v) is 3.44. The summed E-state index contributed by atoms with van der Waals surface area (Å²) < 4.78 is 13.0. The standard InChI is InChI=1S/C14H19FN2O/c15-12-5-1-3-10(7-12)9-17-14(18)11-4-2-6-13(16)8-11/h1,3,5,7,11,13H,2,4,6,8-9,16H2,(H,17,18). The average Bonchev–Trinajstić information content (AvgIpc) is 2.36. The van der Waals surface area contributed by atoms with Crippen LogP contribution in [0.2, 0.25) is 0 Å². The van der Waals surface area contributed by atoms with Crippen molar-refractivity contribution in [3.8, 4) is 0 Å². The molecule has 1 aliphatic carbocycles. The Morgan fingerprint density at radius 3 is 3.00 bits per heavy atom. The van der Waals surface area contributed by atoms with Gasteiger partial charge in [-0.05, 0) is 37.0 Å². The van der Waals surface area contributed by atoms with Gasteiger partial charge in [-0.2, -0.15) is 0 Å². The Hall–Kier alpha value is -1.42. The molecule has 2 unspecified atom stereocenters. The number of benzene rings is 1. The van der Waals surface area contributed by atoms with Crippen LogP contribution in [0.25, 0.3) is 0 Å². The van der Waals surface area contributed by atoms with Gasteiger partial charge >= 0.3 is 0 Å². The predicted molar refractivity (Wildman–Crippen MR) is 68.2 cm³/mol. The summed E-state index contributed by atoms with van der Waals surface area (Å²) in [5, 5.41) is 2.86. The van der Waals surface area contributed by atoms with Crippen molar-refractivity contribution in [1.82, 2.24) is 5.32 Å². The molecule has 0 heterocycles. The van der Waals surface area contributed by atoms with E-state index in [9.17, 15) is 9.18 Å². The molecule has 0 saturated heterocycles. The van der Waals surface area contributed by atoms with Gasteiger partial charge in [0.2, 0.25) is 5.91 Å². The summed E-state index contributed by atoms with van der Waals surface area (Å²) in [4.78, 5) is 11.9. The Balaban J connectivity index is 1.84. The number of amides is 1. The minimum atomic E-state index is -0.276. The molecule has 0 spiro atoms. The van der Waals surface area contributed by atoms with E-state index in [1.807, 2.05) is 0 Å². The summed E-state index contributed by atoms with van der Waals surface area (Å²) in [7, 11) is 0. The van der Waals surface area contributed by atoms with Crippen molar-refractivity contribution in [3.63, 3.8) is 0 Å². The molecular weight excluding hydrogens is 231 g/mol. The van der Waals surface area contributed by atoms with Crippen LogP contribution in [0.1, 0.15) is 31.2 Å². The van der Waals surface area contributed by atoms with Gasteiger partial charge in [0.05, 0.1) is 0 Å². The molecule has 3 nitrogen and oxygen atoms in total. The Morgan fingerprint density at radius 1 is 1.44 bits per heavy atom. The second-order valence-electron chi connectivity index (χ2n) is 4.97. The molecule has 1 aromatic rings. The minimum Gasteiger partial charge on any atom is -0.352 e. The maximum atomic E-state index is 13.0. The van der Waals surface area contributed by atoms with E-state index in [1.54, 1.807) is 12.1 Å². The lowest BCUT2D eigenvalue weighted by Crippen LogP contribution is -2.37. The van der Waals surface area contributed by atoms with Gasteiger partial charge in [-0.3, -0.25) is 4.79 Å². The van der Waals surface area contributed by atoms with E-state index < -0.39 is 0 Å². The number of halogens is 1. The SMILES string of the molecule is NC1CCCC(C(=O)NCc2cccc(F)c2)C1. The molecule has 1 fully saturated rings. The summed E-state index contributed by atoms with van der Waals surface area (Å²) in [6, 6.07) is 6.42. The van der Waals surface area contributed by atoms with Crippen molar-refractivity contribution < 1.29 is 9.18 Å². The van der Waals surface area contributed by atoms with Crippen LogP contribution in [0.3, 0.4) is 0 Å². The molecule has 18 heavy (non-hydrogen) atoms. The molecular formula is C14H19FN2O. The first-order valence-electron chi connectivity index (χ1n) is 6.43. The van der Waals surface area contributed by atoms with Crippen molar-refractivity contribution in [1.29, 1.82) is 0 Å². The van der Waals surface area contributed by atoms with Crippen molar-refractivity contribution in [2.75, 3.05) is 0 Å². The monoisotopic (exact) mass is 250 g/mol. The molecule has 1 amide bonds. The maximum absolute atomic E-state index is 13.0. The van der Waals surface area contributed by atoms with Crippen molar-refractivity contribution in [2.24, 2.45) is 11.7 Å². The quantitative estimate of drug-likeness (QED) is 0.861. The third-order valence-electron chi connectivity index (χ3n) is 3.44. The van der Waals surface area contributed by atoms with E-state index in [4.69, 9.17) is 5.73 Å². The molecule has 0 radical (unpaired) electrons. The maximum Gasteiger partial charge on any atom is 0.223 e. The van der Waals surface area contributed by atoms with Gasteiger partial charge in [0.15, 0.2) is 0 Å². The number of carbonyl (C=O) groups is 1. The summed E-state index contributed by atoms with van der Waals surface area (Å²) in [5.74, 6) is -0.224. The van der Waals surface area contributed by atoms with E-state index in [1.165, 1.54) is 12.1 Å². The highest BCUT2D eigenvalue weighted by Gasteiger charge is 2.24. The highest BCUT2D eigenvalue weighted by Crippen LogP contribution is 2.23. The van der Waals surface area contributed by atoms with Crippen LogP contribution >= 0.6 is 0 Å². The van der Waals surface area contributed by atoms with E-state index in [0.29, 0.717) is 6.54 Å². The fraction of sp³-hybridized carbons (Fsp3) is 0.500. The van der Waals surface area contributed by atoms with Crippen LogP contribution in [-0.4, -0.2) is 11.9 Å². The zero-order valence-corrected chi connectivity index (χ0v) is 10.4. The predicted octanol–water partition coefficient (Wildman–Crippen LogP) is 1.96. The molecule has 0 aromatic heterocycles. The highest BCUT2D eigenvalue weighted by atomic mass is 19.1. The number of carbonyl (C=O) groups excluding carboxylic acids is 1. The van der Waals surface area contributed by atoms with E-state index in [-0.39, 0.29) is 23.7 Å². The summed E-state index contributed by atoms with van der Waals surface area (Å²) >= 11 is 0. The van der Waals surface area contributed by atoms with Crippen molar-refractivity contribution in [3.05, 3.63) is 35.6 Å². The first-order chi connectivity index (χ1) is 8.65. The Morgan fingerprint density at radius 2 is 2.28 bits per heavy atom. The first kappa shape index (κ1) is 13.0. The number of nitrogens with one attached hydrogen (secondary N) is 1. The van der Waals surface area contributed by atoms with Gasteiger partial charge in [0.25, 0.3) is 0 Å². The van der Waals surface area contributed by atoms with Gasteiger partial charge in [0.1, 0.15) is 5.82 Å². The second-order valence-corrected chi connectivity index (χ2v) is 4.97. The molecule has 2 rings (SSSR count). The summed E-state index contributed by atoms with van der Waals surface area (Å²) in [5.41, 5.74) is 6.64. The van der Waals surface area contributed by atoms with Crippen LogP contribution < -0.4 is 11.1 Å². The zero-order valence-electron chi connectivity index (χ0n) is 10.4. The highest BCUT2D eigenvalue weighted by molar-refractivity contribution is 5.78. The molecule has 0 bridgehead atoms. The molecule has 0 aliphatic heterocycles. The van der Waals surface area contributed by atoms with E-state index in [2.05, 4.69) is 5.32 Å². The summed E-state index contributed by atoms with van der Waals surface area (Å²) in [6.45, 7) is 0.377. The van der Waals surface area contributed by atoms with Crippen LogP contribution in [0.5, 0.6) is 0 Å². The van der Waals surface area contributed by atoms with Crippen molar-refractivity contribution in [2.45, 2.75) is 38.3 Å². The molecule has 3 N–H and O–H groups in total. The largest absolute Gasteiger partial charge is 0.352 e. The average molecular weight is 250 g/mol. The van der Waals surface area contributed by atoms with Gasteiger partial charge in [-0.1, -0.05) is 18.6 Å². The topological polar surface area (TPSA) is 55.1 Å². The third kappa shape index (κ3) is 3.53. The normalized spacial score (nSPS) is 23.7. The second kappa shape index (κ2) is 5.96. The van der Waals surface area contributed by atoms with Crippen LogP contribution in [0, 0.1) is 11.7 Å². The first-order valence-corrected chi connectivity index (χ1v) is 6.43. The number of hydrogen-bond acceptors (Lipinski definition) is 2. The van der Waals surface area contributed by atoms with Gasteiger partial charge in [-0.15, -0.1) is 0 Å². The smallest absolute Gasteiger partial charge is 0.223 e. The molecule has 1 aromatic carbocycles. The Bertz CT molecular complexity index is 422. The Kier molecular flexibility index (Phi) is 4.31. The summed E-state index contributed by atoms with van der Waals surface area (Å²) in [6.07, 6.45) is 3.69. The fourth-order valence-corrected chi connectivity index (χ4v) is 2.45. The number of nitrogens with two attached hydrogens (primary N) is 1. The lowest BCUT2D eigenvalue weighted by Gasteiger charge is -2.25. The lowest BCUT2D eigenvalue weighted by molar-refractivity contribution is -0.126. The molecule has 98 valence electrons. The fourth-order valence-electron chi connectivity index (χ4n) is 2.45. The molecule has 4 heteroatoms. The Labute approximate surface area is 107 Å². The van der Waals surface area contributed by atoms with Crippen LogP contribution in [0.15, 0.2) is 24.3 Å². The lowest BCUT2D eigenvalue weighted by atomic mass is 9.85. The van der Waals surface area contributed by atoms with E-state index >= 15 is 0 Å². The van der Waals surface area contributed by atoms with Gasteiger partial charge in [0, 0.05) is 18.5 Å². The van der Waals surface area contributed by atoms with Crippen LogP contribution in [0.4, 0.5) is 4.39 Å². The number of hydrogen-bond donors (Lipinski definition) is 2. The molecule has 1 aliphatic rings. The molecule has 2 atom stereocenters. The van der Waals surface area contributed by atoms with E-state index in [0.717, 1.165) is 31.2 Å². The van der Waals surface area contributed by atoms with Crippen molar-refractivity contribution >= 4 is 5.91 Å². The van der Waals surface area contributed by atoms with Gasteiger partial charge in [-0.25, -0.2) is 4.39 Å². The minimum absolute atomic E-state index is 0.0160. The van der Waals surface area contributed by atoms with Crippen LogP contribution in [-0.2, 0) is 11.3 Å². The van der Waals surface area contributed by atoms with Gasteiger partial charge < -0.3 is 11.1 Å². The zero-order chi connectivity index (χ0) is 13.0. The molecule has 1 saturated carbocycles.